The van der Waals surface area contributed by atoms with Gasteiger partial charge < -0.3 is 9.90 Å². The Bertz CT molecular complexity index is 845. The molecule has 0 spiro atoms. The molecule has 156 valence electrons. The maximum Gasteiger partial charge on any atom is 0.120 e. The second-order valence-electron chi connectivity index (χ2n) is 8.87. The summed E-state index contributed by atoms with van der Waals surface area (Å²) < 4.78 is 14.0. The van der Waals surface area contributed by atoms with Gasteiger partial charge in [-0.3, -0.25) is 0 Å². The number of aldehydes is 1. The fourth-order valence-electron chi connectivity index (χ4n) is 3.99. The van der Waals surface area contributed by atoms with Gasteiger partial charge in [-0.15, -0.1) is 0 Å². The van der Waals surface area contributed by atoms with Crippen LogP contribution in [0.5, 0.6) is 0 Å². The van der Waals surface area contributed by atoms with Gasteiger partial charge in [-0.1, -0.05) is 54.1 Å². The number of hydrogen-bond acceptors (Lipinski definition) is 3. The molecule has 2 nitrogen and oxygen atoms in total. The average Bonchev–Trinajstić information content (AvgIpc) is 3.30. The van der Waals surface area contributed by atoms with E-state index in [1.807, 2.05) is 32.0 Å². The van der Waals surface area contributed by atoms with Gasteiger partial charge in [0.05, 0.1) is 5.60 Å². The van der Waals surface area contributed by atoms with Crippen molar-refractivity contribution in [3.63, 3.8) is 0 Å². The van der Waals surface area contributed by atoms with Crippen LogP contribution in [-0.4, -0.2) is 23.3 Å². The molecule has 1 aliphatic carbocycles. The second kappa shape index (κ2) is 9.01. The Kier molecular flexibility index (Phi) is 6.85. The molecule has 0 radical (unpaired) electrons. The summed E-state index contributed by atoms with van der Waals surface area (Å²) in [6.45, 7) is 5.72. The van der Waals surface area contributed by atoms with E-state index in [4.69, 9.17) is 0 Å². The molecule has 0 bridgehead atoms. The Labute approximate surface area is 177 Å². The van der Waals surface area contributed by atoms with Crippen molar-refractivity contribution in [2.45, 2.75) is 63.5 Å². The zero-order valence-electron chi connectivity index (χ0n) is 17.5. The van der Waals surface area contributed by atoms with E-state index in [0.29, 0.717) is 18.6 Å². The lowest BCUT2D eigenvalue weighted by Crippen LogP contribution is -2.18. The summed E-state index contributed by atoms with van der Waals surface area (Å²) in [5.74, 6) is 0.665. The van der Waals surface area contributed by atoms with Gasteiger partial charge in [-0.2, -0.15) is 11.8 Å². The summed E-state index contributed by atoms with van der Waals surface area (Å²) in [6, 6.07) is 16.5. The zero-order valence-corrected chi connectivity index (χ0v) is 18.3. The maximum atomic E-state index is 14.0. The normalized spacial score (nSPS) is 22.3. The summed E-state index contributed by atoms with van der Waals surface area (Å²) >= 11 is 1.77. The van der Waals surface area contributed by atoms with Crippen molar-refractivity contribution in [3.05, 3.63) is 70.8 Å². The van der Waals surface area contributed by atoms with Gasteiger partial charge in [0.1, 0.15) is 12.5 Å². The lowest BCUT2D eigenvalue weighted by molar-refractivity contribution is -0.108. The minimum absolute atomic E-state index is 0.223. The SMILES string of the molecule is Cc1cccc(C(CCc2ccccc2C(C)(C)O)SC[C@@]2(CC=O)C[C@@H]2F)c1. The van der Waals surface area contributed by atoms with Crippen molar-refractivity contribution >= 4 is 18.0 Å². The van der Waals surface area contributed by atoms with Crippen molar-refractivity contribution in [1.29, 1.82) is 0 Å². The van der Waals surface area contributed by atoms with E-state index in [9.17, 15) is 14.3 Å². The third-order valence-corrected chi connectivity index (χ3v) is 7.57. The monoisotopic (exact) mass is 414 g/mol. The quantitative estimate of drug-likeness (QED) is 0.488. The highest BCUT2D eigenvalue weighted by Crippen LogP contribution is 2.55. The number of halogens is 1. The van der Waals surface area contributed by atoms with Crippen LogP contribution in [0, 0.1) is 12.3 Å². The average molecular weight is 415 g/mol. The van der Waals surface area contributed by atoms with E-state index in [0.717, 1.165) is 30.3 Å². The molecule has 0 saturated heterocycles. The van der Waals surface area contributed by atoms with Crippen LogP contribution in [0.2, 0.25) is 0 Å². The molecular weight excluding hydrogens is 383 g/mol. The zero-order chi connectivity index (χ0) is 21.1. The molecule has 29 heavy (non-hydrogen) atoms. The first-order valence-corrected chi connectivity index (χ1v) is 11.4. The van der Waals surface area contributed by atoms with Crippen molar-refractivity contribution in [3.8, 4) is 0 Å². The predicted molar refractivity (Wildman–Crippen MR) is 119 cm³/mol. The molecule has 2 aromatic carbocycles. The van der Waals surface area contributed by atoms with Crippen LogP contribution in [0.15, 0.2) is 48.5 Å². The number of aryl methyl sites for hydroxylation is 2. The van der Waals surface area contributed by atoms with Crippen molar-refractivity contribution in [2.75, 3.05) is 5.75 Å². The summed E-state index contributed by atoms with van der Waals surface area (Å²) in [6.07, 6.45) is 2.56. The van der Waals surface area contributed by atoms with Gasteiger partial charge in [0.15, 0.2) is 0 Å². The van der Waals surface area contributed by atoms with Crippen molar-refractivity contribution in [1.82, 2.24) is 0 Å². The molecule has 1 unspecified atom stereocenters. The van der Waals surface area contributed by atoms with E-state index in [-0.39, 0.29) is 5.25 Å². The van der Waals surface area contributed by atoms with Gasteiger partial charge in [0, 0.05) is 22.8 Å². The van der Waals surface area contributed by atoms with Crippen LogP contribution in [0.25, 0.3) is 0 Å². The van der Waals surface area contributed by atoms with Gasteiger partial charge >= 0.3 is 0 Å². The largest absolute Gasteiger partial charge is 0.386 e. The third kappa shape index (κ3) is 5.49. The predicted octanol–water partition coefficient (Wildman–Crippen LogP) is 5.95. The van der Waals surface area contributed by atoms with Crippen LogP contribution < -0.4 is 0 Å². The molecule has 0 heterocycles. The molecule has 3 rings (SSSR count). The Morgan fingerprint density at radius 3 is 2.62 bits per heavy atom. The third-order valence-electron chi connectivity index (χ3n) is 5.92. The Morgan fingerprint density at radius 1 is 1.28 bits per heavy atom. The molecular formula is C25H31FO2S. The molecule has 0 aliphatic heterocycles. The lowest BCUT2D eigenvalue weighted by Gasteiger charge is -2.24. The number of benzene rings is 2. The highest BCUT2D eigenvalue weighted by molar-refractivity contribution is 7.99. The van der Waals surface area contributed by atoms with E-state index in [2.05, 4.69) is 37.3 Å². The number of thioether (sulfide) groups is 1. The number of alkyl halides is 1. The number of aliphatic hydroxyl groups is 1. The van der Waals surface area contributed by atoms with Crippen LogP contribution in [0.3, 0.4) is 0 Å². The molecule has 0 amide bonds. The maximum absolute atomic E-state index is 14.0. The highest BCUT2D eigenvalue weighted by atomic mass is 32.2. The molecule has 3 atom stereocenters. The molecule has 1 aliphatic rings. The van der Waals surface area contributed by atoms with Crippen LogP contribution in [0.4, 0.5) is 4.39 Å². The lowest BCUT2D eigenvalue weighted by atomic mass is 9.90. The summed E-state index contributed by atoms with van der Waals surface area (Å²) in [5.41, 5.74) is 3.22. The van der Waals surface area contributed by atoms with Gasteiger partial charge in [-0.25, -0.2) is 4.39 Å². The number of rotatable bonds is 10. The van der Waals surface area contributed by atoms with Gasteiger partial charge in [0.2, 0.25) is 0 Å². The number of carbonyl (C=O) groups is 1. The minimum Gasteiger partial charge on any atom is -0.386 e. The first kappa shape index (κ1) is 22.0. The molecule has 4 heteroatoms. The number of hydrogen-bond donors (Lipinski definition) is 1. The highest BCUT2D eigenvalue weighted by Gasteiger charge is 2.54. The molecule has 1 fully saturated rings. The Morgan fingerprint density at radius 2 is 2.00 bits per heavy atom. The second-order valence-corrected chi connectivity index (χ2v) is 10.1. The first-order chi connectivity index (χ1) is 13.7. The minimum atomic E-state index is -0.883. The van der Waals surface area contributed by atoms with Gasteiger partial charge in [0.25, 0.3) is 0 Å². The summed E-state index contributed by atoms with van der Waals surface area (Å²) in [5, 5.41) is 10.7. The fourth-order valence-corrected chi connectivity index (χ4v) is 5.56. The summed E-state index contributed by atoms with van der Waals surface area (Å²) in [7, 11) is 0. The van der Waals surface area contributed by atoms with Crippen LogP contribution >= 0.6 is 11.8 Å². The fraction of sp³-hybridized carbons (Fsp3) is 0.480. The number of carbonyl (C=O) groups excluding carboxylic acids is 1. The van der Waals surface area contributed by atoms with Crippen LogP contribution in [0.1, 0.15) is 60.6 Å². The first-order valence-electron chi connectivity index (χ1n) is 10.3. The smallest absolute Gasteiger partial charge is 0.120 e. The molecule has 2 aromatic rings. The van der Waals surface area contributed by atoms with E-state index >= 15 is 0 Å². The van der Waals surface area contributed by atoms with Crippen molar-refractivity contribution in [2.24, 2.45) is 5.41 Å². The van der Waals surface area contributed by atoms with E-state index in [1.54, 1.807) is 11.8 Å². The van der Waals surface area contributed by atoms with Gasteiger partial charge in [-0.05, 0) is 56.7 Å². The summed E-state index contributed by atoms with van der Waals surface area (Å²) in [4.78, 5) is 11.0. The molecule has 1 saturated carbocycles. The molecule has 1 N–H and O–H groups in total. The standard InChI is InChI=1S/C25H31FO2S/c1-18-7-6-9-20(15-18)22(29-17-25(13-14-27)16-23(25)26)12-11-19-8-4-5-10-21(19)24(2,3)28/h4-10,14-15,22-23,28H,11-13,16-17H2,1-3H3/t22?,23-,25+/m0/s1. The van der Waals surface area contributed by atoms with E-state index in [1.165, 1.54) is 11.1 Å². The van der Waals surface area contributed by atoms with Crippen molar-refractivity contribution < 1.29 is 14.3 Å². The van der Waals surface area contributed by atoms with E-state index < -0.39 is 17.2 Å². The Hall–Kier alpha value is -1.65. The van der Waals surface area contributed by atoms with Crippen LogP contribution in [-0.2, 0) is 16.8 Å². The molecule has 0 aromatic heterocycles. The topological polar surface area (TPSA) is 37.3 Å². The Balaban J connectivity index is 1.77.